The Morgan fingerprint density at radius 3 is 2.47 bits per heavy atom. The molecule has 6 heterocycles. The zero-order valence-electron chi connectivity index (χ0n) is 24.1. The topological polar surface area (TPSA) is 103 Å². The average Bonchev–Trinajstić information content (AvgIpc) is 3.65. The summed E-state index contributed by atoms with van der Waals surface area (Å²) < 4.78 is 18.3. The Bertz CT molecular complexity index is 1860. The highest BCUT2D eigenvalue weighted by atomic mass is 16.7. The molecule has 1 saturated heterocycles. The number of hydrogen-bond donors (Lipinski definition) is 1. The maximum Gasteiger partial charge on any atom is 0.343 e. The van der Waals surface area contributed by atoms with Gasteiger partial charge < -0.3 is 28.8 Å². The van der Waals surface area contributed by atoms with Crippen LogP contribution in [0.2, 0.25) is 0 Å². The number of carbonyl (C=O) groups excluding carboxylic acids is 1. The molecule has 43 heavy (non-hydrogen) atoms. The zero-order valence-corrected chi connectivity index (χ0v) is 24.1. The van der Waals surface area contributed by atoms with E-state index < -0.39 is 11.6 Å². The minimum Gasteiger partial charge on any atom is -0.458 e. The number of anilines is 1. The van der Waals surface area contributed by atoms with Gasteiger partial charge >= 0.3 is 5.97 Å². The van der Waals surface area contributed by atoms with Gasteiger partial charge in [0.25, 0.3) is 5.56 Å². The molecular formula is C34H33N3O6. The second-order valence-electron chi connectivity index (χ2n) is 12.0. The molecule has 0 spiro atoms. The molecule has 4 aromatic rings. The number of esters is 1. The molecule has 8 rings (SSSR count). The Balaban J connectivity index is 1.22. The van der Waals surface area contributed by atoms with E-state index in [1.54, 1.807) is 17.6 Å². The SMILES string of the molecule is CC[C@@]1(O)C(=O)OCc2c1cc1n(c2=O)Cc2c-1nc1cc3c(cc1c2CCc1ccc(N2CCCCC2)cc1)OCO3. The van der Waals surface area contributed by atoms with Gasteiger partial charge in [0, 0.05) is 41.4 Å². The van der Waals surface area contributed by atoms with Gasteiger partial charge in [0.2, 0.25) is 6.79 Å². The van der Waals surface area contributed by atoms with Crippen molar-refractivity contribution in [3.8, 4) is 22.9 Å². The molecule has 220 valence electrons. The van der Waals surface area contributed by atoms with E-state index in [1.165, 1.54) is 30.5 Å². The number of aryl methyl sites for hydroxylation is 2. The number of benzene rings is 2. The first-order chi connectivity index (χ1) is 20.9. The van der Waals surface area contributed by atoms with E-state index in [0.29, 0.717) is 40.6 Å². The number of aromatic nitrogens is 2. The van der Waals surface area contributed by atoms with Gasteiger partial charge in [-0.05, 0) is 73.9 Å². The van der Waals surface area contributed by atoms with Crippen LogP contribution in [0.4, 0.5) is 5.69 Å². The first-order valence-electron chi connectivity index (χ1n) is 15.2. The monoisotopic (exact) mass is 579 g/mol. The van der Waals surface area contributed by atoms with E-state index >= 15 is 0 Å². The van der Waals surface area contributed by atoms with E-state index in [-0.39, 0.29) is 25.4 Å². The number of fused-ring (bicyclic) bond motifs is 6. The maximum atomic E-state index is 13.8. The van der Waals surface area contributed by atoms with Gasteiger partial charge in [0.15, 0.2) is 17.1 Å². The molecule has 1 N–H and O–H groups in total. The minimum atomic E-state index is -1.86. The van der Waals surface area contributed by atoms with E-state index in [2.05, 4.69) is 29.2 Å². The lowest BCUT2D eigenvalue weighted by Gasteiger charge is -2.31. The summed E-state index contributed by atoms with van der Waals surface area (Å²) in [5, 5.41) is 12.2. The Hall–Kier alpha value is -4.37. The second-order valence-corrected chi connectivity index (χ2v) is 12.0. The smallest absolute Gasteiger partial charge is 0.343 e. The van der Waals surface area contributed by atoms with Crippen LogP contribution in [-0.2, 0) is 41.1 Å². The third-order valence-electron chi connectivity index (χ3n) is 9.62. The van der Waals surface area contributed by atoms with Gasteiger partial charge in [-0.15, -0.1) is 0 Å². The Morgan fingerprint density at radius 1 is 0.930 bits per heavy atom. The summed E-state index contributed by atoms with van der Waals surface area (Å²) in [4.78, 5) is 33.9. The number of carbonyl (C=O) groups is 1. The van der Waals surface area contributed by atoms with Crippen molar-refractivity contribution in [3.63, 3.8) is 0 Å². The summed E-state index contributed by atoms with van der Waals surface area (Å²) in [7, 11) is 0. The van der Waals surface area contributed by atoms with Crippen LogP contribution in [0.15, 0.2) is 47.3 Å². The van der Waals surface area contributed by atoms with Gasteiger partial charge in [0.1, 0.15) is 6.61 Å². The number of cyclic esters (lactones) is 1. The van der Waals surface area contributed by atoms with Crippen LogP contribution in [0.3, 0.4) is 0 Å². The predicted octanol–water partition coefficient (Wildman–Crippen LogP) is 4.58. The van der Waals surface area contributed by atoms with E-state index in [4.69, 9.17) is 19.2 Å². The molecule has 0 unspecified atom stereocenters. The third kappa shape index (κ3) is 4.05. The number of piperidine rings is 1. The van der Waals surface area contributed by atoms with Crippen molar-refractivity contribution >= 4 is 22.6 Å². The average molecular weight is 580 g/mol. The fourth-order valence-electron chi connectivity index (χ4n) is 7.13. The fourth-order valence-corrected chi connectivity index (χ4v) is 7.13. The Labute approximate surface area is 248 Å². The van der Waals surface area contributed by atoms with Crippen molar-refractivity contribution in [2.24, 2.45) is 0 Å². The maximum absolute atomic E-state index is 13.8. The highest BCUT2D eigenvalue weighted by molar-refractivity contribution is 5.91. The number of pyridine rings is 2. The first-order valence-corrected chi connectivity index (χ1v) is 15.2. The standard InChI is InChI=1S/C34H33N3O6/c1-2-34(40)26-15-28-31-24(17-37(28)32(38)25(26)18-41-33(34)39)22(23-14-29-30(43-19-42-29)16-27(23)35-31)11-8-20-6-9-21(10-7-20)36-12-4-3-5-13-36/h6-7,9-10,14-16,40H,2-5,8,11-13,17-19H2,1H3/t34-/m0/s1. The number of ether oxygens (including phenoxy) is 3. The number of nitrogens with zero attached hydrogens (tertiary/aromatic N) is 3. The molecule has 2 aromatic heterocycles. The molecule has 9 heteroatoms. The molecule has 4 aliphatic heterocycles. The highest BCUT2D eigenvalue weighted by Crippen LogP contribution is 2.43. The van der Waals surface area contributed by atoms with Crippen molar-refractivity contribution in [2.45, 2.75) is 64.2 Å². The van der Waals surface area contributed by atoms with E-state index in [9.17, 15) is 14.7 Å². The van der Waals surface area contributed by atoms with Crippen molar-refractivity contribution in [2.75, 3.05) is 24.8 Å². The molecular weight excluding hydrogens is 546 g/mol. The molecule has 1 fully saturated rings. The van der Waals surface area contributed by atoms with Gasteiger partial charge in [-0.3, -0.25) is 4.79 Å². The molecule has 0 saturated carbocycles. The Morgan fingerprint density at radius 2 is 1.70 bits per heavy atom. The molecule has 0 radical (unpaired) electrons. The molecule has 0 bridgehead atoms. The summed E-state index contributed by atoms with van der Waals surface area (Å²) in [5.74, 6) is 0.604. The minimum absolute atomic E-state index is 0.102. The summed E-state index contributed by atoms with van der Waals surface area (Å²) in [6, 6.07) is 14.6. The van der Waals surface area contributed by atoms with Crippen molar-refractivity contribution < 1.29 is 24.1 Å². The Kier molecular flexibility index (Phi) is 6.01. The quantitative estimate of drug-likeness (QED) is 0.302. The van der Waals surface area contributed by atoms with Crippen molar-refractivity contribution in [3.05, 3.63) is 80.6 Å². The summed E-state index contributed by atoms with van der Waals surface area (Å²) >= 11 is 0. The van der Waals surface area contributed by atoms with Crippen LogP contribution in [0, 0.1) is 0 Å². The second kappa shape index (κ2) is 9.84. The predicted molar refractivity (Wildman–Crippen MR) is 161 cm³/mol. The fraction of sp³-hybridized carbons (Fsp3) is 0.382. The molecule has 0 amide bonds. The van der Waals surface area contributed by atoms with Crippen LogP contribution in [0.25, 0.3) is 22.3 Å². The van der Waals surface area contributed by atoms with Gasteiger partial charge in [-0.25, -0.2) is 9.78 Å². The lowest BCUT2D eigenvalue weighted by atomic mass is 9.86. The number of rotatable bonds is 5. The highest BCUT2D eigenvalue weighted by Gasteiger charge is 2.45. The zero-order chi connectivity index (χ0) is 29.3. The van der Waals surface area contributed by atoms with Crippen LogP contribution in [0.5, 0.6) is 11.5 Å². The molecule has 2 aromatic carbocycles. The summed E-state index contributed by atoms with van der Waals surface area (Å²) in [5.41, 5.74) is 5.17. The number of hydrogen-bond acceptors (Lipinski definition) is 8. The summed E-state index contributed by atoms with van der Waals surface area (Å²) in [6.45, 7) is 4.31. The van der Waals surface area contributed by atoms with Crippen LogP contribution >= 0.6 is 0 Å². The van der Waals surface area contributed by atoms with Crippen LogP contribution < -0.4 is 19.9 Å². The molecule has 0 aliphatic carbocycles. The first kappa shape index (κ1) is 26.3. The lowest BCUT2D eigenvalue weighted by Crippen LogP contribution is -2.44. The van der Waals surface area contributed by atoms with Gasteiger partial charge in [0.05, 0.1) is 29.0 Å². The molecule has 9 nitrogen and oxygen atoms in total. The molecule has 4 aliphatic rings. The van der Waals surface area contributed by atoms with Crippen LogP contribution in [0.1, 0.15) is 60.4 Å². The third-order valence-corrected chi connectivity index (χ3v) is 9.62. The normalized spacial score (nSPS) is 20.1. The van der Waals surface area contributed by atoms with Crippen LogP contribution in [-0.4, -0.2) is 40.5 Å². The lowest BCUT2D eigenvalue weighted by molar-refractivity contribution is -0.172. The van der Waals surface area contributed by atoms with Crippen molar-refractivity contribution in [1.82, 2.24) is 9.55 Å². The van der Waals surface area contributed by atoms with E-state index in [0.717, 1.165) is 48.0 Å². The largest absolute Gasteiger partial charge is 0.458 e. The summed E-state index contributed by atoms with van der Waals surface area (Å²) in [6.07, 6.45) is 5.47. The molecule has 1 atom stereocenters. The van der Waals surface area contributed by atoms with Crippen molar-refractivity contribution in [1.29, 1.82) is 0 Å². The van der Waals surface area contributed by atoms with Gasteiger partial charge in [-0.1, -0.05) is 19.1 Å². The van der Waals surface area contributed by atoms with E-state index in [1.807, 2.05) is 12.1 Å². The van der Waals surface area contributed by atoms with Gasteiger partial charge in [-0.2, -0.15) is 0 Å². The number of aliphatic hydroxyl groups is 1.